The van der Waals surface area contributed by atoms with Gasteiger partial charge in [-0.2, -0.15) is 0 Å². The van der Waals surface area contributed by atoms with Gasteiger partial charge in [0.05, 0.1) is 6.26 Å². The third-order valence-corrected chi connectivity index (χ3v) is 4.70. The predicted molar refractivity (Wildman–Crippen MR) is 80.1 cm³/mol. The van der Waals surface area contributed by atoms with Gasteiger partial charge >= 0.3 is 0 Å². The molecule has 1 aromatic carbocycles. The molecule has 2 aromatic rings. The van der Waals surface area contributed by atoms with Crippen molar-refractivity contribution in [2.45, 2.75) is 38.8 Å². The fourth-order valence-electron chi connectivity index (χ4n) is 2.69. The lowest BCUT2D eigenvalue weighted by atomic mass is 9.93. The summed E-state index contributed by atoms with van der Waals surface area (Å²) >= 11 is 3.59. The standard InChI is InChI=1S/C16H18BrNO/c1-11-5-6-12(9-14(11)17)10-18-15-3-2-4-16-13(15)7-8-19-16/h5-9,15,18H,2-4,10H2,1H3. The maximum absolute atomic E-state index is 5.53. The fraction of sp³-hybridized carbons (Fsp3) is 0.375. The monoisotopic (exact) mass is 319 g/mol. The summed E-state index contributed by atoms with van der Waals surface area (Å²) in [7, 11) is 0. The van der Waals surface area contributed by atoms with Crippen molar-refractivity contribution in [3.63, 3.8) is 0 Å². The third kappa shape index (κ3) is 2.77. The smallest absolute Gasteiger partial charge is 0.108 e. The molecule has 3 heteroatoms. The summed E-state index contributed by atoms with van der Waals surface area (Å²) in [5.74, 6) is 1.16. The van der Waals surface area contributed by atoms with Gasteiger partial charge in [-0.05, 0) is 43.0 Å². The molecular formula is C16H18BrNO. The molecule has 1 atom stereocenters. The van der Waals surface area contributed by atoms with E-state index in [1.165, 1.54) is 34.0 Å². The van der Waals surface area contributed by atoms with Crippen LogP contribution in [0.2, 0.25) is 0 Å². The van der Waals surface area contributed by atoms with Gasteiger partial charge in [0.15, 0.2) is 0 Å². The van der Waals surface area contributed by atoms with Crippen LogP contribution < -0.4 is 5.32 Å². The van der Waals surface area contributed by atoms with Gasteiger partial charge in [0.1, 0.15) is 5.76 Å². The quantitative estimate of drug-likeness (QED) is 0.899. The molecule has 0 spiro atoms. The van der Waals surface area contributed by atoms with Gasteiger partial charge in [-0.25, -0.2) is 0 Å². The molecule has 0 saturated heterocycles. The van der Waals surface area contributed by atoms with Gasteiger partial charge in [-0.15, -0.1) is 0 Å². The van der Waals surface area contributed by atoms with E-state index in [2.05, 4.69) is 52.4 Å². The van der Waals surface area contributed by atoms with E-state index in [-0.39, 0.29) is 0 Å². The van der Waals surface area contributed by atoms with E-state index >= 15 is 0 Å². The van der Waals surface area contributed by atoms with Crippen molar-refractivity contribution >= 4 is 15.9 Å². The number of nitrogens with one attached hydrogen (secondary N) is 1. The molecule has 3 rings (SSSR count). The van der Waals surface area contributed by atoms with Crippen LogP contribution in [0.4, 0.5) is 0 Å². The summed E-state index contributed by atoms with van der Waals surface area (Å²) in [5, 5.41) is 3.65. The highest BCUT2D eigenvalue weighted by atomic mass is 79.9. The molecule has 0 aliphatic heterocycles. The SMILES string of the molecule is Cc1ccc(CNC2CCCc3occc32)cc1Br. The zero-order valence-corrected chi connectivity index (χ0v) is 12.7. The molecule has 1 aliphatic rings. The zero-order chi connectivity index (χ0) is 13.2. The normalized spacial score (nSPS) is 18.3. The van der Waals surface area contributed by atoms with E-state index in [0.717, 1.165) is 18.7 Å². The molecule has 1 aliphatic carbocycles. The van der Waals surface area contributed by atoms with Gasteiger partial charge < -0.3 is 9.73 Å². The second kappa shape index (κ2) is 5.51. The van der Waals surface area contributed by atoms with Crippen molar-refractivity contribution in [3.05, 3.63) is 57.5 Å². The lowest BCUT2D eigenvalue weighted by Crippen LogP contribution is -2.24. The van der Waals surface area contributed by atoms with E-state index in [1.54, 1.807) is 0 Å². The first-order valence-corrected chi connectivity index (χ1v) is 7.58. The molecule has 100 valence electrons. The van der Waals surface area contributed by atoms with Crippen LogP contribution in [0, 0.1) is 6.92 Å². The third-order valence-electron chi connectivity index (χ3n) is 3.84. The van der Waals surface area contributed by atoms with Gasteiger partial charge in [0.2, 0.25) is 0 Å². The van der Waals surface area contributed by atoms with Crippen LogP contribution in [0.15, 0.2) is 39.4 Å². The molecular weight excluding hydrogens is 302 g/mol. The number of halogens is 1. The maximum atomic E-state index is 5.53. The Hall–Kier alpha value is -1.06. The first-order chi connectivity index (χ1) is 9.24. The van der Waals surface area contributed by atoms with Crippen molar-refractivity contribution in [1.82, 2.24) is 5.32 Å². The first-order valence-electron chi connectivity index (χ1n) is 6.79. The summed E-state index contributed by atoms with van der Waals surface area (Å²) < 4.78 is 6.71. The predicted octanol–water partition coefficient (Wildman–Crippen LogP) is 4.52. The Kier molecular flexibility index (Phi) is 3.76. The number of furan rings is 1. The van der Waals surface area contributed by atoms with Crippen LogP contribution in [0.1, 0.15) is 41.3 Å². The van der Waals surface area contributed by atoms with Crippen molar-refractivity contribution in [2.75, 3.05) is 0 Å². The van der Waals surface area contributed by atoms with Gasteiger partial charge in [-0.3, -0.25) is 0 Å². The molecule has 1 heterocycles. The van der Waals surface area contributed by atoms with Crippen molar-refractivity contribution < 1.29 is 4.42 Å². The van der Waals surface area contributed by atoms with Gasteiger partial charge in [-0.1, -0.05) is 28.1 Å². The molecule has 0 bridgehead atoms. The molecule has 0 saturated carbocycles. The number of benzene rings is 1. The van der Waals surface area contributed by atoms with E-state index < -0.39 is 0 Å². The van der Waals surface area contributed by atoms with Crippen LogP contribution in [0.5, 0.6) is 0 Å². The molecule has 1 unspecified atom stereocenters. The molecule has 1 aromatic heterocycles. The molecule has 0 radical (unpaired) electrons. The number of aryl methyl sites for hydroxylation is 2. The van der Waals surface area contributed by atoms with Crippen molar-refractivity contribution in [2.24, 2.45) is 0 Å². The first kappa shape index (κ1) is 12.9. The van der Waals surface area contributed by atoms with Gasteiger partial charge in [0.25, 0.3) is 0 Å². The van der Waals surface area contributed by atoms with Crippen molar-refractivity contribution in [3.8, 4) is 0 Å². The Labute approximate surface area is 122 Å². The minimum Gasteiger partial charge on any atom is -0.469 e. The number of hydrogen-bond donors (Lipinski definition) is 1. The molecule has 0 amide bonds. The molecule has 0 fully saturated rings. The summed E-state index contributed by atoms with van der Waals surface area (Å²) in [6.07, 6.45) is 5.29. The van der Waals surface area contributed by atoms with E-state index in [0.29, 0.717) is 6.04 Å². The van der Waals surface area contributed by atoms with E-state index in [9.17, 15) is 0 Å². The summed E-state index contributed by atoms with van der Waals surface area (Å²) in [6.45, 7) is 3.01. The fourth-order valence-corrected chi connectivity index (χ4v) is 3.11. The van der Waals surface area contributed by atoms with Crippen LogP contribution in [-0.4, -0.2) is 0 Å². The topological polar surface area (TPSA) is 25.2 Å². The highest BCUT2D eigenvalue weighted by Crippen LogP contribution is 2.30. The lowest BCUT2D eigenvalue weighted by molar-refractivity contribution is 0.411. The lowest BCUT2D eigenvalue weighted by Gasteiger charge is -2.23. The number of rotatable bonds is 3. The van der Waals surface area contributed by atoms with Gasteiger partial charge in [0, 0.05) is 29.0 Å². The average molecular weight is 320 g/mol. The summed E-state index contributed by atoms with van der Waals surface area (Å²) in [4.78, 5) is 0. The number of hydrogen-bond acceptors (Lipinski definition) is 2. The summed E-state index contributed by atoms with van der Waals surface area (Å²) in [6, 6.07) is 9.08. The highest BCUT2D eigenvalue weighted by molar-refractivity contribution is 9.10. The highest BCUT2D eigenvalue weighted by Gasteiger charge is 2.21. The summed E-state index contributed by atoms with van der Waals surface area (Å²) in [5.41, 5.74) is 3.93. The average Bonchev–Trinajstić information content (AvgIpc) is 2.89. The minimum absolute atomic E-state index is 0.433. The Bertz CT molecular complexity index is 576. The van der Waals surface area contributed by atoms with Crippen LogP contribution in [0.3, 0.4) is 0 Å². The van der Waals surface area contributed by atoms with Crippen LogP contribution in [0.25, 0.3) is 0 Å². The number of fused-ring (bicyclic) bond motifs is 1. The van der Waals surface area contributed by atoms with E-state index in [1.807, 2.05) is 6.26 Å². The molecule has 1 N–H and O–H groups in total. The van der Waals surface area contributed by atoms with Crippen LogP contribution >= 0.6 is 15.9 Å². The van der Waals surface area contributed by atoms with Crippen molar-refractivity contribution in [1.29, 1.82) is 0 Å². The Balaban J connectivity index is 1.69. The van der Waals surface area contributed by atoms with E-state index in [4.69, 9.17) is 4.42 Å². The van der Waals surface area contributed by atoms with Crippen LogP contribution in [-0.2, 0) is 13.0 Å². The maximum Gasteiger partial charge on any atom is 0.108 e. The zero-order valence-electron chi connectivity index (χ0n) is 11.1. The Morgan fingerprint density at radius 2 is 2.26 bits per heavy atom. The second-order valence-corrected chi connectivity index (χ2v) is 6.06. The minimum atomic E-state index is 0.433. The molecule has 19 heavy (non-hydrogen) atoms. The molecule has 2 nitrogen and oxygen atoms in total. The Morgan fingerprint density at radius 3 is 3.11 bits per heavy atom. The largest absolute Gasteiger partial charge is 0.469 e. The second-order valence-electron chi connectivity index (χ2n) is 5.21. The Morgan fingerprint density at radius 1 is 1.37 bits per heavy atom.